The number of hydrogen-bond donors (Lipinski definition) is 2. The summed E-state index contributed by atoms with van der Waals surface area (Å²) in [4.78, 5) is 23.6. The molecule has 0 heterocycles. The number of carbonyl (C=O) groups excluding carboxylic acids is 1. The number of nitrogens with one attached hydrogen (secondary N) is 1. The van der Waals surface area contributed by atoms with Gasteiger partial charge in [-0.3, -0.25) is 9.59 Å². The van der Waals surface area contributed by atoms with Crippen molar-refractivity contribution in [3.63, 3.8) is 0 Å². The van der Waals surface area contributed by atoms with Crippen LogP contribution in [0.5, 0.6) is 0 Å². The Bertz CT molecular complexity index is 512. The molecule has 1 amide bonds. The molecule has 1 aromatic carbocycles. The van der Waals surface area contributed by atoms with Crippen LogP contribution in [0.15, 0.2) is 29.2 Å². The Balaban J connectivity index is 2.58. The molecule has 0 aromatic heterocycles. The van der Waals surface area contributed by atoms with Gasteiger partial charge in [-0.2, -0.15) is 0 Å². The van der Waals surface area contributed by atoms with Crippen LogP contribution in [0, 0.1) is 0 Å². The van der Waals surface area contributed by atoms with Gasteiger partial charge in [0.2, 0.25) is 5.91 Å². The van der Waals surface area contributed by atoms with Crippen LogP contribution >= 0.6 is 23.4 Å². The van der Waals surface area contributed by atoms with Crippen LogP contribution in [0.4, 0.5) is 0 Å². The van der Waals surface area contributed by atoms with Crippen molar-refractivity contribution in [2.24, 2.45) is 0 Å². The van der Waals surface area contributed by atoms with Crippen LogP contribution in [-0.2, 0) is 14.3 Å². The third-order valence-corrected chi connectivity index (χ3v) is 4.16. The van der Waals surface area contributed by atoms with Crippen molar-refractivity contribution in [1.29, 1.82) is 0 Å². The minimum absolute atomic E-state index is 0.127. The molecule has 1 unspecified atom stereocenters. The number of amides is 1. The van der Waals surface area contributed by atoms with Crippen LogP contribution in [0.25, 0.3) is 0 Å². The minimum atomic E-state index is -0.992. The van der Waals surface area contributed by atoms with Crippen molar-refractivity contribution in [3.8, 4) is 0 Å². The Morgan fingerprint density at radius 1 is 1.43 bits per heavy atom. The Labute approximate surface area is 133 Å². The van der Waals surface area contributed by atoms with E-state index >= 15 is 0 Å². The van der Waals surface area contributed by atoms with E-state index in [9.17, 15) is 9.59 Å². The Morgan fingerprint density at radius 3 is 2.67 bits per heavy atom. The van der Waals surface area contributed by atoms with E-state index < -0.39 is 11.5 Å². The van der Waals surface area contributed by atoms with Gasteiger partial charge in [-0.15, -0.1) is 11.8 Å². The van der Waals surface area contributed by atoms with Gasteiger partial charge < -0.3 is 15.2 Å². The van der Waals surface area contributed by atoms with Gasteiger partial charge in [-0.25, -0.2) is 0 Å². The molecule has 0 saturated carbocycles. The number of benzene rings is 1. The highest BCUT2D eigenvalue weighted by Crippen LogP contribution is 2.26. The summed E-state index contributed by atoms with van der Waals surface area (Å²) in [6, 6.07) is 7.23. The smallest absolute Gasteiger partial charge is 0.305 e. The average molecular weight is 332 g/mol. The highest BCUT2D eigenvalue weighted by molar-refractivity contribution is 8.00. The summed E-state index contributed by atoms with van der Waals surface area (Å²) in [7, 11) is 1.46. The molecule has 0 aliphatic rings. The van der Waals surface area contributed by atoms with Crippen molar-refractivity contribution < 1.29 is 19.4 Å². The summed E-state index contributed by atoms with van der Waals surface area (Å²) < 4.78 is 4.98. The number of carboxylic acids is 1. The molecule has 5 nitrogen and oxygen atoms in total. The van der Waals surface area contributed by atoms with E-state index in [2.05, 4.69) is 5.32 Å². The Hall–Kier alpha value is -1.24. The minimum Gasteiger partial charge on any atom is -0.481 e. The van der Waals surface area contributed by atoms with Crippen molar-refractivity contribution in [3.05, 3.63) is 29.3 Å². The topological polar surface area (TPSA) is 75.6 Å². The molecule has 21 heavy (non-hydrogen) atoms. The monoisotopic (exact) mass is 331 g/mol. The molecule has 1 atom stereocenters. The SMILES string of the molecule is COCC(C)(CC(=O)O)NC(=O)CSc1ccccc1Cl. The highest BCUT2D eigenvalue weighted by Gasteiger charge is 2.29. The van der Waals surface area contributed by atoms with Gasteiger partial charge in [-0.1, -0.05) is 23.7 Å². The summed E-state index contributed by atoms with van der Waals surface area (Å²) >= 11 is 7.31. The molecule has 0 saturated heterocycles. The lowest BCUT2D eigenvalue weighted by molar-refractivity contribution is -0.139. The first kappa shape index (κ1) is 17.8. The molecule has 2 N–H and O–H groups in total. The molecule has 116 valence electrons. The zero-order chi connectivity index (χ0) is 15.9. The zero-order valence-electron chi connectivity index (χ0n) is 11.9. The van der Waals surface area contributed by atoms with E-state index in [4.69, 9.17) is 21.4 Å². The lowest BCUT2D eigenvalue weighted by Crippen LogP contribution is -2.51. The predicted molar refractivity (Wildman–Crippen MR) is 82.9 cm³/mol. The summed E-state index contributed by atoms with van der Waals surface area (Å²) in [6.07, 6.45) is -0.205. The predicted octanol–water partition coefficient (Wildman–Crippen LogP) is 2.43. The molecule has 1 aromatic rings. The largest absolute Gasteiger partial charge is 0.481 e. The maximum Gasteiger partial charge on any atom is 0.305 e. The van der Waals surface area contributed by atoms with Crippen LogP contribution in [-0.4, -0.2) is 42.0 Å². The fourth-order valence-electron chi connectivity index (χ4n) is 1.86. The van der Waals surface area contributed by atoms with E-state index in [1.165, 1.54) is 18.9 Å². The highest BCUT2D eigenvalue weighted by atomic mass is 35.5. The molecule has 0 fully saturated rings. The van der Waals surface area contributed by atoms with Gasteiger partial charge in [0.25, 0.3) is 0 Å². The van der Waals surface area contributed by atoms with Gasteiger partial charge in [0, 0.05) is 12.0 Å². The summed E-state index contributed by atoms with van der Waals surface area (Å²) in [6.45, 7) is 1.77. The first-order valence-corrected chi connectivity index (χ1v) is 7.62. The number of thioether (sulfide) groups is 1. The van der Waals surface area contributed by atoms with Crippen molar-refractivity contribution in [2.45, 2.75) is 23.8 Å². The van der Waals surface area contributed by atoms with Gasteiger partial charge in [0.05, 0.1) is 29.3 Å². The molecule has 0 radical (unpaired) electrons. The number of rotatable bonds is 8. The number of aliphatic carboxylic acids is 1. The normalized spacial score (nSPS) is 13.5. The fraction of sp³-hybridized carbons (Fsp3) is 0.429. The van der Waals surface area contributed by atoms with Crippen LogP contribution < -0.4 is 5.32 Å². The first-order chi connectivity index (χ1) is 9.86. The van der Waals surface area contributed by atoms with E-state index in [-0.39, 0.29) is 24.7 Å². The molecule has 0 aliphatic heterocycles. The quantitative estimate of drug-likeness (QED) is 0.715. The van der Waals surface area contributed by atoms with Crippen molar-refractivity contribution >= 4 is 35.2 Å². The molecule has 0 bridgehead atoms. The molecule has 7 heteroatoms. The summed E-state index contributed by atoms with van der Waals surface area (Å²) in [5.74, 6) is -1.10. The number of methoxy groups -OCH3 is 1. The van der Waals surface area contributed by atoms with Gasteiger partial charge in [0.1, 0.15) is 0 Å². The third-order valence-electron chi connectivity index (χ3n) is 2.64. The van der Waals surface area contributed by atoms with E-state index in [0.29, 0.717) is 5.02 Å². The van der Waals surface area contributed by atoms with Gasteiger partial charge in [0.15, 0.2) is 0 Å². The number of halogens is 1. The van der Waals surface area contributed by atoms with Crippen molar-refractivity contribution in [2.75, 3.05) is 19.5 Å². The fourth-order valence-corrected chi connectivity index (χ4v) is 2.90. The van der Waals surface area contributed by atoms with E-state index in [0.717, 1.165) is 4.90 Å². The maximum atomic E-state index is 12.0. The Morgan fingerprint density at radius 2 is 2.10 bits per heavy atom. The number of hydrogen-bond acceptors (Lipinski definition) is 4. The number of ether oxygens (including phenoxy) is 1. The number of carboxylic acid groups (broad SMARTS) is 1. The third kappa shape index (κ3) is 6.37. The zero-order valence-corrected chi connectivity index (χ0v) is 13.5. The average Bonchev–Trinajstić information content (AvgIpc) is 2.36. The second-order valence-electron chi connectivity index (χ2n) is 4.83. The lowest BCUT2D eigenvalue weighted by atomic mass is 9.99. The van der Waals surface area contributed by atoms with Crippen LogP contribution in [0.2, 0.25) is 5.02 Å². The Kier molecular flexibility index (Phi) is 7.01. The molecular weight excluding hydrogens is 314 g/mol. The van der Waals surface area contributed by atoms with Gasteiger partial charge >= 0.3 is 5.97 Å². The van der Waals surface area contributed by atoms with E-state index in [1.54, 1.807) is 13.0 Å². The first-order valence-electron chi connectivity index (χ1n) is 6.25. The summed E-state index contributed by atoms with van der Waals surface area (Å²) in [5.41, 5.74) is -0.932. The number of carbonyl (C=O) groups is 2. The molecule has 0 aliphatic carbocycles. The van der Waals surface area contributed by atoms with Gasteiger partial charge in [-0.05, 0) is 19.1 Å². The van der Waals surface area contributed by atoms with Crippen molar-refractivity contribution in [1.82, 2.24) is 5.32 Å². The standard InChI is InChI=1S/C14H18ClNO4S/c1-14(9-20-2,7-13(18)19)16-12(17)8-21-11-6-4-3-5-10(11)15/h3-6H,7-9H2,1-2H3,(H,16,17)(H,18,19). The van der Waals surface area contributed by atoms with E-state index in [1.807, 2.05) is 18.2 Å². The molecule has 0 spiro atoms. The lowest BCUT2D eigenvalue weighted by Gasteiger charge is -2.28. The summed E-state index contributed by atoms with van der Waals surface area (Å²) in [5, 5.41) is 12.2. The van der Waals surface area contributed by atoms with Crippen LogP contribution in [0.3, 0.4) is 0 Å². The second kappa shape index (κ2) is 8.26. The maximum absolute atomic E-state index is 12.0. The molecule has 1 rings (SSSR count). The van der Waals surface area contributed by atoms with Crippen LogP contribution in [0.1, 0.15) is 13.3 Å². The molecular formula is C14H18ClNO4S. The second-order valence-corrected chi connectivity index (χ2v) is 6.26.